The molecule has 0 fully saturated rings. The number of hydrogen-bond acceptors (Lipinski definition) is 4. The summed E-state index contributed by atoms with van der Waals surface area (Å²) in [5, 5.41) is 1.05. The van der Waals surface area contributed by atoms with Crippen LogP contribution >= 0.6 is 23.2 Å². The third kappa shape index (κ3) is 3.64. The van der Waals surface area contributed by atoms with Crippen LogP contribution in [-0.2, 0) is 11.3 Å². The van der Waals surface area contributed by atoms with Gasteiger partial charge in [0.05, 0.1) is 19.8 Å². The Bertz CT molecular complexity index is 666. The third-order valence-corrected chi connectivity index (χ3v) is 3.73. The zero-order valence-electron chi connectivity index (χ0n) is 12.1. The van der Waals surface area contributed by atoms with E-state index in [0.717, 1.165) is 0 Å². The molecule has 0 aliphatic rings. The predicted molar refractivity (Wildman–Crippen MR) is 85.1 cm³/mol. The fourth-order valence-corrected chi connectivity index (χ4v) is 2.36. The standard InChI is InChI=1S/C16H14Cl2O4/c1-20-15-8-10(16(19)21-2)6-7-14(15)22-9-11-12(17)4-3-5-13(11)18/h3-8H,9H2,1-2H3. The maximum absolute atomic E-state index is 11.5. The van der Waals surface area contributed by atoms with E-state index in [2.05, 4.69) is 4.74 Å². The first-order chi connectivity index (χ1) is 10.6. The Balaban J connectivity index is 2.21. The minimum Gasteiger partial charge on any atom is -0.493 e. The molecule has 0 unspecified atom stereocenters. The van der Waals surface area contributed by atoms with Crippen LogP contribution in [-0.4, -0.2) is 20.2 Å². The molecule has 0 aromatic heterocycles. The van der Waals surface area contributed by atoms with E-state index in [1.807, 2.05) is 0 Å². The van der Waals surface area contributed by atoms with E-state index in [0.29, 0.717) is 32.7 Å². The van der Waals surface area contributed by atoms with E-state index in [1.54, 1.807) is 36.4 Å². The van der Waals surface area contributed by atoms with Gasteiger partial charge in [0.25, 0.3) is 0 Å². The van der Waals surface area contributed by atoms with Gasteiger partial charge >= 0.3 is 5.97 Å². The minimum absolute atomic E-state index is 0.187. The number of carbonyl (C=O) groups excluding carboxylic acids is 1. The molecule has 0 saturated heterocycles. The number of benzene rings is 2. The summed E-state index contributed by atoms with van der Waals surface area (Å²) >= 11 is 12.2. The number of hydrogen-bond donors (Lipinski definition) is 0. The summed E-state index contributed by atoms with van der Waals surface area (Å²) in [4.78, 5) is 11.5. The van der Waals surface area contributed by atoms with E-state index < -0.39 is 5.97 Å². The Morgan fingerprint density at radius 3 is 2.32 bits per heavy atom. The highest BCUT2D eigenvalue weighted by molar-refractivity contribution is 6.35. The molecule has 0 aliphatic carbocycles. The van der Waals surface area contributed by atoms with Gasteiger partial charge in [-0.25, -0.2) is 4.79 Å². The lowest BCUT2D eigenvalue weighted by molar-refractivity contribution is 0.0600. The van der Waals surface area contributed by atoms with Crippen LogP contribution in [0.5, 0.6) is 11.5 Å². The zero-order chi connectivity index (χ0) is 16.1. The van der Waals surface area contributed by atoms with Crippen LogP contribution in [0.4, 0.5) is 0 Å². The number of halogens is 2. The van der Waals surface area contributed by atoms with E-state index >= 15 is 0 Å². The first-order valence-electron chi connectivity index (χ1n) is 6.39. The first-order valence-corrected chi connectivity index (χ1v) is 7.14. The van der Waals surface area contributed by atoms with Crippen LogP contribution in [0.3, 0.4) is 0 Å². The van der Waals surface area contributed by atoms with Crippen LogP contribution < -0.4 is 9.47 Å². The Labute approximate surface area is 138 Å². The van der Waals surface area contributed by atoms with Gasteiger partial charge in [-0.1, -0.05) is 29.3 Å². The second kappa shape index (κ2) is 7.38. The van der Waals surface area contributed by atoms with Crippen molar-refractivity contribution in [3.63, 3.8) is 0 Å². The maximum Gasteiger partial charge on any atom is 0.337 e. The summed E-state index contributed by atoms with van der Waals surface area (Å²) in [6, 6.07) is 10.0. The molecule has 0 spiro atoms. The molecular weight excluding hydrogens is 327 g/mol. The first kappa shape index (κ1) is 16.5. The van der Waals surface area contributed by atoms with Crippen molar-refractivity contribution in [1.82, 2.24) is 0 Å². The molecule has 4 nitrogen and oxygen atoms in total. The fraction of sp³-hybridized carbons (Fsp3) is 0.188. The van der Waals surface area contributed by atoms with Gasteiger partial charge in [-0.05, 0) is 30.3 Å². The Morgan fingerprint density at radius 1 is 1.05 bits per heavy atom. The minimum atomic E-state index is -0.445. The highest BCUT2D eigenvalue weighted by atomic mass is 35.5. The van der Waals surface area contributed by atoms with Crippen molar-refractivity contribution in [2.75, 3.05) is 14.2 Å². The highest BCUT2D eigenvalue weighted by Crippen LogP contribution is 2.31. The zero-order valence-corrected chi connectivity index (χ0v) is 13.6. The molecule has 116 valence electrons. The highest BCUT2D eigenvalue weighted by Gasteiger charge is 2.13. The van der Waals surface area contributed by atoms with E-state index in [1.165, 1.54) is 14.2 Å². The van der Waals surface area contributed by atoms with Gasteiger partial charge in [0.1, 0.15) is 6.61 Å². The molecule has 22 heavy (non-hydrogen) atoms. The number of methoxy groups -OCH3 is 2. The van der Waals surface area contributed by atoms with Crippen molar-refractivity contribution < 1.29 is 19.0 Å². The van der Waals surface area contributed by atoms with Gasteiger partial charge in [0.15, 0.2) is 11.5 Å². The number of ether oxygens (including phenoxy) is 3. The average molecular weight is 341 g/mol. The topological polar surface area (TPSA) is 44.8 Å². The van der Waals surface area contributed by atoms with Gasteiger partial charge < -0.3 is 14.2 Å². The number of rotatable bonds is 5. The summed E-state index contributed by atoms with van der Waals surface area (Å²) in [6.07, 6.45) is 0. The normalized spacial score (nSPS) is 10.2. The lowest BCUT2D eigenvalue weighted by atomic mass is 10.2. The largest absolute Gasteiger partial charge is 0.493 e. The molecule has 2 aromatic rings. The number of esters is 1. The predicted octanol–water partition coefficient (Wildman–Crippen LogP) is 4.37. The Hall–Kier alpha value is -1.91. The molecule has 0 N–H and O–H groups in total. The second-order valence-corrected chi connectivity index (χ2v) is 5.16. The second-order valence-electron chi connectivity index (χ2n) is 4.35. The van der Waals surface area contributed by atoms with E-state index in [9.17, 15) is 4.79 Å². The summed E-state index contributed by atoms with van der Waals surface area (Å²) < 4.78 is 15.6. The summed E-state index contributed by atoms with van der Waals surface area (Å²) in [6.45, 7) is 0.187. The Kier molecular flexibility index (Phi) is 5.52. The summed E-state index contributed by atoms with van der Waals surface area (Å²) in [7, 11) is 2.81. The van der Waals surface area contributed by atoms with Crippen molar-refractivity contribution >= 4 is 29.2 Å². The molecular formula is C16H14Cl2O4. The monoisotopic (exact) mass is 340 g/mol. The van der Waals surface area contributed by atoms with Crippen LogP contribution in [0.15, 0.2) is 36.4 Å². The van der Waals surface area contributed by atoms with E-state index in [-0.39, 0.29) is 6.61 Å². The lowest BCUT2D eigenvalue weighted by Gasteiger charge is -2.13. The van der Waals surface area contributed by atoms with E-state index in [4.69, 9.17) is 32.7 Å². The maximum atomic E-state index is 11.5. The molecule has 0 bridgehead atoms. The smallest absolute Gasteiger partial charge is 0.337 e. The van der Waals surface area contributed by atoms with Gasteiger partial charge in [0, 0.05) is 15.6 Å². The third-order valence-electron chi connectivity index (χ3n) is 3.02. The lowest BCUT2D eigenvalue weighted by Crippen LogP contribution is -2.03. The quantitative estimate of drug-likeness (QED) is 0.758. The van der Waals surface area contributed by atoms with Gasteiger partial charge in [-0.2, -0.15) is 0 Å². The molecule has 0 radical (unpaired) electrons. The van der Waals surface area contributed by atoms with Crippen molar-refractivity contribution in [3.05, 3.63) is 57.6 Å². The summed E-state index contributed by atoms with van der Waals surface area (Å²) in [5.74, 6) is 0.455. The Morgan fingerprint density at radius 2 is 1.73 bits per heavy atom. The molecule has 2 aromatic carbocycles. The van der Waals surface area contributed by atoms with Crippen LogP contribution in [0, 0.1) is 0 Å². The van der Waals surface area contributed by atoms with Crippen molar-refractivity contribution in [3.8, 4) is 11.5 Å². The van der Waals surface area contributed by atoms with Crippen molar-refractivity contribution in [1.29, 1.82) is 0 Å². The van der Waals surface area contributed by atoms with Gasteiger partial charge in [-0.15, -0.1) is 0 Å². The van der Waals surface area contributed by atoms with Crippen LogP contribution in [0.2, 0.25) is 10.0 Å². The van der Waals surface area contributed by atoms with Crippen molar-refractivity contribution in [2.45, 2.75) is 6.61 Å². The molecule has 0 amide bonds. The fourth-order valence-electron chi connectivity index (χ4n) is 1.85. The van der Waals surface area contributed by atoms with Crippen LogP contribution in [0.25, 0.3) is 0 Å². The number of carbonyl (C=O) groups is 1. The molecule has 0 heterocycles. The van der Waals surface area contributed by atoms with Gasteiger partial charge in [-0.3, -0.25) is 0 Å². The van der Waals surface area contributed by atoms with Crippen molar-refractivity contribution in [2.24, 2.45) is 0 Å². The van der Waals surface area contributed by atoms with Crippen LogP contribution in [0.1, 0.15) is 15.9 Å². The molecule has 0 saturated carbocycles. The average Bonchev–Trinajstić information content (AvgIpc) is 2.53. The molecule has 0 atom stereocenters. The molecule has 2 rings (SSSR count). The summed E-state index contributed by atoms with van der Waals surface area (Å²) in [5.41, 5.74) is 1.06. The van der Waals surface area contributed by atoms with Gasteiger partial charge in [0.2, 0.25) is 0 Å². The molecule has 0 aliphatic heterocycles. The SMILES string of the molecule is COC(=O)c1ccc(OCc2c(Cl)cccc2Cl)c(OC)c1. The molecule has 6 heteroatoms.